The first kappa shape index (κ1) is 19.1. The molecule has 0 aliphatic carbocycles. The lowest BCUT2D eigenvalue weighted by atomic mass is 10.2. The number of aromatic nitrogens is 2. The monoisotopic (exact) mass is 360 g/mol. The molecule has 0 saturated carbocycles. The molecule has 6 heteroatoms. The molecule has 0 atom stereocenters. The summed E-state index contributed by atoms with van der Waals surface area (Å²) in [6, 6.07) is 8.37. The van der Waals surface area contributed by atoms with Gasteiger partial charge in [-0.3, -0.25) is 9.48 Å². The van der Waals surface area contributed by atoms with Crippen LogP contribution in [0.1, 0.15) is 23.7 Å². The van der Waals surface area contributed by atoms with E-state index in [9.17, 15) is 4.79 Å². The maximum absolute atomic E-state index is 12.0. The van der Waals surface area contributed by atoms with Crippen LogP contribution >= 0.6 is 11.6 Å². The van der Waals surface area contributed by atoms with Gasteiger partial charge >= 0.3 is 0 Å². The summed E-state index contributed by atoms with van der Waals surface area (Å²) in [4.78, 5) is 14.3. The third-order valence-corrected chi connectivity index (χ3v) is 4.48. The minimum absolute atomic E-state index is 0.139. The summed E-state index contributed by atoms with van der Waals surface area (Å²) in [6.45, 7) is 8.27. The number of nitrogens with zero attached hydrogens (tertiary/aromatic N) is 3. The van der Waals surface area contributed by atoms with E-state index in [1.165, 1.54) is 17.3 Å². The smallest absolute Gasteiger partial charge is 0.244 e. The zero-order valence-electron chi connectivity index (χ0n) is 15.2. The molecule has 0 bridgehead atoms. The molecule has 1 aromatic heterocycles. The van der Waals surface area contributed by atoms with Crippen LogP contribution in [0.15, 0.2) is 30.3 Å². The van der Waals surface area contributed by atoms with Crippen molar-refractivity contribution in [2.24, 2.45) is 7.05 Å². The highest BCUT2D eigenvalue weighted by Crippen LogP contribution is 2.19. The molecule has 0 fully saturated rings. The van der Waals surface area contributed by atoms with E-state index in [1.54, 1.807) is 17.8 Å². The van der Waals surface area contributed by atoms with Crippen LogP contribution in [-0.4, -0.2) is 35.3 Å². The van der Waals surface area contributed by atoms with Crippen LogP contribution in [0.5, 0.6) is 0 Å². The first-order valence-corrected chi connectivity index (χ1v) is 8.76. The van der Waals surface area contributed by atoms with Crippen molar-refractivity contribution in [3.63, 3.8) is 0 Å². The Kier molecular flexibility index (Phi) is 6.65. The maximum Gasteiger partial charge on any atom is 0.244 e. The molecule has 1 amide bonds. The van der Waals surface area contributed by atoms with Crippen LogP contribution in [0.4, 0.5) is 5.69 Å². The molecule has 25 heavy (non-hydrogen) atoms. The number of hydrogen-bond acceptors (Lipinski definition) is 3. The molecule has 0 radical (unpaired) electrons. The molecule has 0 saturated heterocycles. The fourth-order valence-corrected chi connectivity index (χ4v) is 2.90. The van der Waals surface area contributed by atoms with Crippen LogP contribution in [0.2, 0.25) is 5.15 Å². The average molecular weight is 361 g/mol. The molecule has 2 rings (SSSR count). The van der Waals surface area contributed by atoms with Gasteiger partial charge in [-0.05, 0) is 44.5 Å². The Morgan fingerprint density at radius 2 is 2.16 bits per heavy atom. The summed E-state index contributed by atoms with van der Waals surface area (Å²) in [5, 5.41) is 7.66. The van der Waals surface area contributed by atoms with E-state index in [0.717, 1.165) is 24.3 Å². The molecule has 1 aromatic carbocycles. The zero-order chi connectivity index (χ0) is 18.4. The number of halogens is 1. The molecular formula is C19H25ClN4O. The minimum atomic E-state index is -0.139. The van der Waals surface area contributed by atoms with Crippen molar-refractivity contribution >= 4 is 29.3 Å². The van der Waals surface area contributed by atoms with Crippen LogP contribution in [0, 0.1) is 13.8 Å². The van der Waals surface area contributed by atoms with Gasteiger partial charge in [-0.1, -0.05) is 23.7 Å². The minimum Gasteiger partial charge on any atom is -0.370 e. The SMILES string of the molecule is CCN(CCNC(=O)/C=C/c1c(C)nn(C)c1Cl)c1cccc(C)c1. The van der Waals surface area contributed by atoms with E-state index < -0.39 is 0 Å². The lowest BCUT2D eigenvalue weighted by Gasteiger charge is -2.23. The van der Waals surface area contributed by atoms with Gasteiger partial charge in [0.15, 0.2) is 0 Å². The number of anilines is 1. The molecule has 134 valence electrons. The zero-order valence-corrected chi connectivity index (χ0v) is 16.0. The standard InChI is InChI=1S/C19H25ClN4O/c1-5-24(16-8-6-7-14(2)13-16)12-11-21-18(25)10-9-17-15(3)22-23(4)19(17)20/h6-10,13H,5,11-12H2,1-4H3,(H,21,25)/b10-9+. The summed E-state index contributed by atoms with van der Waals surface area (Å²) in [5.74, 6) is -0.139. The second-order valence-electron chi connectivity index (χ2n) is 5.96. The summed E-state index contributed by atoms with van der Waals surface area (Å²) in [7, 11) is 1.78. The van der Waals surface area contributed by atoms with Crippen molar-refractivity contribution in [3.8, 4) is 0 Å². The quantitative estimate of drug-likeness (QED) is 0.770. The highest BCUT2D eigenvalue weighted by Gasteiger charge is 2.09. The van der Waals surface area contributed by atoms with Crippen molar-refractivity contribution in [3.05, 3.63) is 52.3 Å². The second kappa shape index (κ2) is 8.72. The average Bonchev–Trinajstić information content (AvgIpc) is 2.82. The van der Waals surface area contributed by atoms with Gasteiger partial charge in [0, 0.05) is 44.0 Å². The first-order chi connectivity index (χ1) is 11.9. The molecule has 0 aliphatic heterocycles. The summed E-state index contributed by atoms with van der Waals surface area (Å²) >= 11 is 6.15. The maximum atomic E-state index is 12.0. The molecule has 0 spiro atoms. The fourth-order valence-electron chi connectivity index (χ4n) is 2.66. The molecule has 1 heterocycles. The van der Waals surface area contributed by atoms with E-state index >= 15 is 0 Å². The van der Waals surface area contributed by atoms with E-state index in [2.05, 4.69) is 53.4 Å². The first-order valence-electron chi connectivity index (χ1n) is 8.39. The van der Waals surface area contributed by atoms with Crippen molar-refractivity contribution in [1.29, 1.82) is 0 Å². The fraction of sp³-hybridized carbons (Fsp3) is 0.368. The lowest BCUT2D eigenvalue weighted by Crippen LogP contribution is -2.34. The number of likely N-dealkylation sites (N-methyl/N-ethyl adjacent to an activating group) is 1. The van der Waals surface area contributed by atoms with Crippen molar-refractivity contribution in [1.82, 2.24) is 15.1 Å². The highest BCUT2D eigenvalue weighted by atomic mass is 35.5. The predicted molar refractivity (Wildman–Crippen MR) is 104 cm³/mol. The molecule has 0 unspecified atom stereocenters. The number of benzene rings is 1. The molecule has 5 nitrogen and oxygen atoms in total. The van der Waals surface area contributed by atoms with Crippen molar-refractivity contribution in [2.45, 2.75) is 20.8 Å². The van der Waals surface area contributed by atoms with Crippen LogP contribution in [0.25, 0.3) is 6.08 Å². The lowest BCUT2D eigenvalue weighted by molar-refractivity contribution is -0.116. The number of rotatable bonds is 7. The van der Waals surface area contributed by atoms with Gasteiger partial charge in [-0.25, -0.2) is 0 Å². The number of nitrogens with one attached hydrogen (secondary N) is 1. The number of carbonyl (C=O) groups excluding carboxylic acids is 1. The Morgan fingerprint density at radius 3 is 2.76 bits per heavy atom. The van der Waals surface area contributed by atoms with Gasteiger partial charge in [0.05, 0.1) is 5.69 Å². The summed E-state index contributed by atoms with van der Waals surface area (Å²) < 4.78 is 1.59. The molecule has 1 N–H and O–H groups in total. The van der Waals surface area contributed by atoms with E-state index in [-0.39, 0.29) is 5.91 Å². The van der Waals surface area contributed by atoms with Gasteiger partial charge in [0.1, 0.15) is 5.15 Å². The van der Waals surface area contributed by atoms with Gasteiger partial charge in [-0.2, -0.15) is 5.10 Å². The van der Waals surface area contributed by atoms with Crippen molar-refractivity contribution in [2.75, 3.05) is 24.5 Å². The normalized spacial score (nSPS) is 11.1. The number of hydrogen-bond donors (Lipinski definition) is 1. The number of aryl methyl sites for hydroxylation is 3. The topological polar surface area (TPSA) is 50.2 Å². The summed E-state index contributed by atoms with van der Waals surface area (Å²) in [5.41, 5.74) is 3.97. The van der Waals surface area contributed by atoms with Gasteiger partial charge in [0.2, 0.25) is 5.91 Å². The molecule has 0 aliphatic rings. The summed E-state index contributed by atoms with van der Waals surface area (Å²) in [6.07, 6.45) is 3.21. The third kappa shape index (κ3) is 5.10. The van der Waals surface area contributed by atoms with E-state index in [0.29, 0.717) is 11.7 Å². The van der Waals surface area contributed by atoms with Gasteiger partial charge in [0.25, 0.3) is 0 Å². The van der Waals surface area contributed by atoms with Crippen molar-refractivity contribution < 1.29 is 4.79 Å². The predicted octanol–water partition coefficient (Wildman–Crippen LogP) is 3.35. The van der Waals surface area contributed by atoms with Crippen LogP contribution in [-0.2, 0) is 11.8 Å². The number of carbonyl (C=O) groups is 1. The Bertz CT molecular complexity index is 767. The molecule has 2 aromatic rings. The number of amides is 1. The van der Waals surface area contributed by atoms with E-state index in [1.807, 2.05) is 6.92 Å². The second-order valence-corrected chi connectivity index (χ2v) is 6.31. The Morgan fingerprint density at radius 1 is 1.40 bits per heavy atom. The van der Waals surface area contributed by atoms with E-state index in [4.69, 9.17) is 11.6 Å². The Balaban J connectivity index is 1.88. The third-order valence-electron chi connectivity index (χ3n) is 4.03. The van der Waals surface area contributed by atoms with Crippen LogP contribution in [0.3, 0.4) is 0 Å². The Labute approximate surface area is 154 Å². The van der Waals surface area contributed by atoms with Crippen LogP contribution < -0.4 is 10.2 Å². The largest absolute Gasteiger partial charge is 0.370 e. The molecular weight excluding hydrogens is 336 g/mol. The van der Waals surface area contributed by atoms with Gasteiger partial charge in [-0.15, -0.1) is 0 Å². The van der Waals surface area contributed by atoms with Gasteiger partial charge < -0.3 is 10.2 Å². The highest BCUT2D eigenvalue weighted by molar-refractivity contribution is 6.31. The Hall–Kier alpha value is -2.27.